The van der Waals surface area contributed by atoms with Crippen LogP contribution in [-0.4, -0.2) is 15.3 Å². The summed E-state index contributed by atoms with van der Waals surface area (Å²) in [6.45, 7) is 1.92. The van der Waals surface area contributed by atoms with E-state index in [-0.39, 0.29) is 6.42 Å². The van der Waals surface area contributed by atoms with Gasteiger partial charge in [-0.2, -0.15) is 0 Å². The van der Waals surface area contributed by atoms with E-state index in [9.17, 15) is 13.6 Å². The first kappa shape index (κ1) is 14.2. The molecule has 0 spiro atoms. The van der Waals surface area contributed by atoms with E-state index in [2.05, 4.69) is 10.3 Å². The number of halogens is 2. The molecule has 0 atom stereocenters. The Hall–Kier alpha value is -2.76. The highest BCUT2D eigenvalue weighted by Gasteiger charge is 2.14. The van der Waals surface area contributed by atoms with Gasteiger partial charge in [0.25, 0.3) is 0 Å². The first-order valence-corrected chi connectivity index (χ1v) is 6.71. The molecule has 0 unspecified atom stereocenters. The number of para-hydroxylation sites is 1. The van der Waals surface area contributed by atoms with Crippen molar-refractivity contribution < 1.29 is 13.6 Å². The van der Waals surface area contributed by atoms with E-state index in [0.717, 1.165) is 23.3 Å². The number of imidazole rings is 1. The molecular weight excluding hydrogens is 288 g/mol. The summed E-state index contributed by atoms with van der Waals surface area (Å²) in [7, 11) is 0. The molecule has 1 aromatic carbocycles. The normalized spacial score (nSPS) is 10.9. The number of nitrogens with zero attached hydrogens (tertiary/aromatic N) is 2. The van der Waals surface area contributed by atoms with Crippen LogP contribution in [0.1, 0.15) is 11.3 Å². The predicted octanol–water partition coefficient (Wildman–Crippen LogP) is 3.10. The maximum Gasteiger partial charge on any atom is 0.230 e. The number of rotatable bonds is 3. The summed E-state index contributed by atoms with van der Waals surface area (Å²) >= 11 is 0. The van der Waals surface area contributed by atoms with Crippen molar-refractivity contribution in [2.45, 2.75) is 13.3 Å². The number of amides is 1. The summed E-state index contributed by atoms with van der Waals surface area (Å²) in [6, 6.07) is 7.22. The highest BCUT2D eigenvalue weighted by Crippen LogP contribution is 2.18. The van der Waals surface area contributed by atoms with Crippen molar-refractivity contribution in [3.8, 4) is 0 Å². The van der Waals surface area contributed by atoms with E-state index in [0.29, 0.717) is 5.69 Å². The van der Waals surface area contributed by atoms with Gasteiger partial charge < -0.3 is 9.72 Å². The third-order valence-electron chi connectivity index (χ3n) is 3.30. The molecule has 6 heteroatoms. The molecule has 0 aliphatic carbocycles. The van der Waals surface area contributed by atoms with Gasteiger partial charge in [-0.1, -0.05) is 12.1 Å². The lowest BCUT2D eigenvalue weighted by Crippen LogP contribution is -2.16. The van der Waals surface area contributed by atoms with Crippen LogP contribution in [0, 0.1) is 18.6 Å². The average Bonchev–Trinajstić information content (AvgIpc) is 2.87. The van der Waals surface area contributed by atoms with Gasteiger partial charge in [-0.25, -0.2) is 13.8 Å². The number of benzene rings is 1. The second kappa shape index (κ2) is 5.55. The van der Waals surface area contributed by atoms with E-state index in [1.807, 2.05) is 29.7 Å². The van der Waals surface area contributed by atoms with Gasteiger partial charge in [-0.15, -0.1) is 0 Å². The molecule has 22 heavy (non-hydrogen) atoms. The van der Waals surface area contributed by atoms with Crippen LogP contribution in [0.5, 0.6) is 0 Å². The minimum atomic E-state index is -0.806. The quantitative estimate of drug-likeness (QED) is 0.808. The number of carbonyl (C=O) groups is 1. The lowest BCUT2D eigenvalue weighted by molar-refractivity contribution is -0.115. The number of nitrogens with one attached hydrogen (secondary N) is 1. The Balaban J connectivity index is 1.80. The molecule has 0 saturated heterocycles. The number of fused-ring (bicyclic) bond motifs is 1. The molecule has 0 saturated carbocycles. The zero-order valence-corrected chi connectivity index (χ0v) is 11.8. The highest BCUT2D eigenvalue weighted by atomic mass is 19.1. The summed E-state index contributed by atoms with van der Waals surface area (Å²) in [4.78, 5) is 16.3. The van der Waals surface area contributed by atoms with Gasteiger partial charge in [0, 0.05) is 12.4 Å². The summed E-state index contributed by atoms with van der Waals surface area (Å²) in [5, 5.41) is 2.25. The Morgan fingerprint density at radius 2 is 1.95 bits per heavy atom. The second-order valence-corrected chi connectivity index (χ2v) is 4.98. The molecule has 2 heterocycles. The zero-order chi connectivity index (χ0) is 15.7. The summed E-state index contributed by atoms with van der Waals surface area (Å²) < 4.78 is 28.8. The SMILES string of the molecule is Cc1cccn2cc(CC(=O)Nc3c(F)cccc3F)nc12. The molecule has 2 aromatic heterocycles. The fraction of sp³-hybridized carbons (Fsp3) is 0.125. The number of hydrogen-bond donors (Lipinski definition) is 1. The molecule has 112 valence electrons. The summed E-state index contributed by atoms with van der Waals surface area (Å²) in [6.07, 6.45) is 3.49. The van der Waals surface area contributed by atoms with Gasteiger partial charge in [0.2, 0.25) is 5.91 Å². The van der Waals surface area contributed by atoms with Crippen LogP contribution < -0.4 is 5.32 Å². The number of aromatic nitrogens is 2. The highest BCUT2D eigenvalue weighted by molar-refractivity contribution is 5.92. The van der Waals surface area contributed by atoms with Crippen molar-refractivity contribution >= 4 is 17.2 Å². The van der Waals surface area contributed by atoms with Crippen LogP contribution in [0.4, 0.5) is 14.5 Å². The third-order valence-corrected chi connectivity index (χ3v) is 3.30. The zero-order valence-electron chi connectivity index (χ0n) is 11.8. The van der Waals surface area contributed by atoms with Gasteiger partial charge in [0.15, 0.2) is 0 Å². The van der Waals surface area contributed by atoms with Crippen LogP contribution in [0.15, 0.2) is 42.7 Å². The molecular formula is C16H13F2N3O. The van der Waals surface area contributed by atoms with Crippen molar-refractivity contribution in [2.75, 3.05) is 5.32 Å². The molecule has 3 aromatic rings. The number of pyridine rings is 1. The van der Waals surface area contributed by atoms with E-state index < -0.39 is 23.2 Å². The van der Waals surface area contributed by atoms with E-state index in [1.54, 1.807) is 6.20 Å². The molecule has 3 rings (SSSR count). The Kier molecular flexibility index (Phi) is 3.58. The molecule has 0 bridgehead atoms. The standard InChI is InChI=1S/C16H13F2N3O/c1-10-4-3-7-21-9-11(19-16(10)21)8-14(22)20-15-12(17)5-2-6-13(15)18/h2-7,9H,8H2,1H3,(H,20,22). The van der Waals surface area contributed by atoms with Crippen LogP contribution in [-0.2, 0) is 11.2 Å². The van der Waals surface area contributed by atoms with Gasteiger partial charge in [-0.05, 0) is 30.7 Å². The summed E-state index contributed by atoms with van der Waals surface area (Å²) in [5.74, 6) is -2.14. The molecule has 4 nitrogen and oxygen atoms in total. The Labute approximate surface area is 125 Å². The van der Waals surface area contributed by atoms with Gasteiger partial charge in [0.1, 0.15) is 23.0 Å². The first-order valence-electron chi connectivity index (χ1n) is 6.71. The first-order chi connectivity index (χ1) is 10.5. The Morgan fingerprint density at radius 3 is 2.64 bits per heavy atom. The lowest BCUT2D eigenvalue weighted by atomic mass is 10.2. The van der Waals surface area contributed by atoms with Crippen molar-refractivity contribution in [1.29, 1.82) is 0 Å². The maximum absolute atomic E-state index is 13.5. The molecule has 0 aliphatic rings. The van der Waals surface area contributed by atoms with Crippen LogP contribution in [0.2, 0.25) is 0 Å². The van der Waals surface area contributed by atoms with Crippen LogP contribution >= 0.6 is 0 Å². The number of carbonyl (C=O) groups excluding carboxylic acids is 1. The maximum atomic E-state index is 13.5. The average molecular weight is 301 g/mol. The van der Waals surface area contributed by atoms with Gasteiger partial charge >= 0.3 is 0 Å². The fourth-order valence-electron chi connectivity index (χ4n) is 2.25. The van der Waals surface area contributed by atoms with Crippen LogP contribution in [0.3, 0.4) is 0 Å². The monoisotopic (exact) mass is 301 g/mol. The number of anilines is 1. The fourth-order valence-corrected chi connectivity index (χ4v) is 2.25. The Bertz CT molecular complexity index is 837. The minimum absolute atomic E-state index is 0.0606. The Morgan fingerprint density at radius 1 is 1.23 bits per heavy atom. The molecule has 1 N–H and O–H groups in total. The van der Waals surface area contributed by atoms with E-state index >= 15 is 0 Å². The van der Waals surface area contributed by atoms with Crippen molar-refractivity contribution in [2.24, 2.45) is 0 Å². The molecule has 1 amide bonds. The van der Waals surface area contributed by atoms with Crippen molar-refractivity contribution in [3.63, 3.8) is 0 Å². The van der Waals surface area contributed by atoms with E-state index in [1.165, 1.54) is 6.07 Å². The smallest absolute Gasteiger partial charge is 0.230 e. The second-order valence-electron chi connectivity index (χ2n) is 4.98. The van der Waals surface area contributed by atoms with Gasteiger partial charge in [0.05, 0.1) is 12.1 Å². The largest absolute Gasteiger partial charge is 0.321 e. The van der Waals surface area contributed by atoms with Crippen molar-refractivity contribution in [1.82, 2.24) is 9.38 Å². The van der Waals surface area contributed by atoms with Crippen LogP contribution in [0.25, 0.3) is 5.65 Å². The molecule has 0 radical (unpaired) electrons. The molecule has 0 aliphatic heterocycles. The number of hydrogen-bond acceptors (Lipinski definition) is 2. The number of aryl methyl sites for hydroxylation is 1. The van der Waals surface area contributed by atoms with E-state index in [4.69, 9.17) is 0 Å². The van der Waals surface area contributed by atoms with Crippen molar-refractivity contribution in [3.05, 3.63) is 65.6 Å². The lowest BCUT2D eigenvalue weighted by Gasteiger charge is -2.06. The predicted molar refractivity (Wildman–Crippen MR) is 78.6 cm³/mol. The van der Waals surface area contributed by atoms with Gasteiger partial charge in [-0.3, -0.25) is 4.79 Å². The topological polar surface area (TPSA) is 46.4 Å². The minimum Gasteiger partial charge on any atom is -0.321 e. The third kappa shape index (κ3) is 2.67. The summed E-state index contributed by atoms with van der Waals surface area (Å²) in [5.41, 5.74) is 1.83. The molecule has 0 fully saturated rings.